The molecule has 2 aliphatic heterocycles. The van der Waals surface area contributed by atoms with Crippen molar-refractivity contribution in [1.29, 1.82) is 0 Å². The second-order valence-electron chi connectivity index (χ2n) is 5.81. The van der Waals surface area contributed by atoms with Gasteiger partial charge in [0.15, 0.2) is 0 Å². The summed E-state index contributed by atoms with van der Waals surface area (Å²) in [7, 11) is 0. The summed E-state index contributed by atoms with van der Waals surface area (Å²) in [4.78, 5) is 0. The third-order valence-electron chi connectivity index (χ3n) is 4.40. The average Bonchev–Trinajstić information content (AvgIpc) is 3.12. The molecule has 3 rings (SSSR count). The molecule has 3 atom stereocenters. The van der Waals surface area contributed by atoms with E-state index in [1.54, 1.807) is 0 Å². The first kappa shape index (κ1) is 13.9. The monoisotopic (exact) mass is 276 g/mol. The van der Waals surface area contributed by atoms with Gasteiger partial charge in [-0.05, 0) is 43.7 Å². The lowest BCUT2D eigenvalue weighted by Gasteiger charge is -2.23. The van der Waals surface area contributed by atoms with Gasteiger partial charge in [0.05, 0.1) is 12.1 Å². The van der Waals surface area contributed by atoms with Crippen molar-refractivity contribution < 1.29 is 9.47 Å². The SMILES string of the molecule is NNC(CCCC1CCCO1)C1Cc2ccccc2O1. The summed E-state index contributed by atoms with van der Waals surface area (Å²) in [5.74, 6) is 6.73. The average molecular weight is 276 g/mol. The maximum absolute atomic E-state index is 6.01. The van der Waals surface area contributed by atoms with Crippen molar-refractivity contribution in [2.75, 3.05) is 6.61 Å². The number of benzene rings is 1. The number of nitrogens with one attached hydrogen (secondary N) is 1. The van der Waals surface area contributed by atoms with E-state index in [1.807, 2.05) is 12.1 Å². The highest BCUT2D eigenvalue weighted by atomic mass is 16.5. The van der Waals surface area contributed by atoms with Crippen LogP contribution in [0.3, 0.4) is 0 Å². The predicted octanol–water partition coefficient (Wildman–Crippen LogP) is 2.17. The van der Waals surface area contributed by atoms with Crippen molar-refractivity contribution in [3.63, 3.8) is 0 Å². The normalized spacial score (nSPS) is 26.2. The summed E-state index contributed by atoms with van der Waals surface area (Å²) in [6.07, 6.45) is 7.31. The predicted molar refractivity (Wildman–Crippen MR) is 78.5 cm³/mol. The van der Waals surface area contributed by atoms with Crippen molar-refractivity contribution in [3.05, 3.63) is 29.8 Å². The Morgan fingerprint density at radius 2 is 2.25 bits per heavy atom. The van der Waals surface area contributed by atoms with E-state index in [9.17, 15) is 0 Å². The van der Waals surface area contributed by atoms with Crippen molar-refractivity contribution in [1.82, 2.24) is 5.43 Å². The number of para-hydroxylation sites is 1. The van der Waals surface area contributed by atoms with Gasteiger partial charge in [-0.2, -0.15) is 0 Å². The Morgan fingerprint density at radius 3 is 3.00 bits per heavy atom. The van der Waals surface area contributed by atoms with Crippen molar-refractivity contribution in [2.24, 2.45) is 5.84 Å². The zero-order chi connectivity index (χ0) is 13.8. The number of ether oxygens (including phenoxy) is 2. The van der Waals surface area contributed by atoms with E-state index in [1.165, 1.54) is 18.4 Å². The molecule has 2 aliphatic rings. The first-order valence-corrected chi connectivity index (χ1v) is 7.69. The molecule has 20 heavy (non-hydrogen) atoms. The van der Waals surface area contributed by atoms with E-state index in [0.717, 1.165) is 38.0 Å². The molecule has 4 heteroatoms. The van der Waals surface area contributed by atoms with Crippen LogP contribution in [-0.2, 0) is 11.2 Å². The zero-order valence-electron chi connectivity index (χ0n) is 11.9. The molecule has 1 aromatic carbocycles. The highest BCUT2D eigenvalue weighted by Gasteiger charge is 2.29. The van der Waals surface area contributed by atoms with Crippen molar-refractivity contribution >= 4 is 0 Å². The lowest BCUT2D eigenvalue weighted by molar-refractivity contribution is 0.0981. The molecule has 4 nitrogen and oxygen atoms in total. The van der Waals surface area contributed by atoms with Gasteiger partial charge in [0, 0.05) is 13.0 Å². The second kappa shape index (κ2) is 6.57. The first-order valence-electron chi connectivity index (χ1n) is 7.69. The molecule has 0 aliphatic carbocycles. The summed E-state index contributed by atoms with van der Waals surface area (Å²) in [6.45, 7) is 0.935. The molecular formula is C16H24N2O2. The van der Waals surface area contributed by atoms with E-state index in [2.05, 4.69) is 17.6 Å². The highest BCUT2D eigenvalue weighted by molar-refractivity contribution is 5.37. The fraction of sp³-hybridized carbons (Fsp3) is 0.625. The summed E-state index contributed by atoms with van der Waals surface area (Å²) < 4.78 is 11.7. The van der Waals surface area contributed by atoms with Gasteiger partial charge >= 0.3 is 0 Å². The summed E-state index contributed by atoms with van der Waals surface area (Å²) in [5.41, 5.74) is 4.23. The van der Waals surface area contributed by atoms with E-state index >= 15 is 0 Å². The number of hydrogen-bond acceptors (Lipinski definition) is 4. The number of hydrogen-bond donors (Lipinski definition) is 2. The molecule has 0 saturated carbocycles. The minimum atomic E-state index is 0.155. The number of rotatable bonds is 6. The van der Waals surface area contributed by atoms with Gasteiger partial charge < -0.3 is 9.47 Å². The van der Waals surface area contributed by atoms with Gasteiger partial charge in [0.1, 0.15) is 11.9 Å². The van der Waals surface area contributed by atoms with Crippen LogP contribution < -0.4 is 16.0 Å². The molecule has 1 fully saturated rings. The molecule has 0 amide bonds. The quantitative estimate of drug-likeness (QED) is 0.617. The van der Waals surface area contributed by atoms with Crippen LogP contribution in [0.4, 0.5) is 0 Å². The molecule has 1 aromatic rings. The molecule has 2 heterocycles. The number of nitrogens with two attached hydrogens (primary N) is 1. The Balaban J connectivity index is 1.48. The standard InChI is InChI=1S/C16H24N2O2/c17-18-14(8-3-6-13-7-4-10-19-13)16-11-12-5-1-2-9-15(12)20-16/h1-2,5,9,13-14,16,18H,3-4,6-8,10-11,17H2. The Kier molecular flexibility index (Phi) is 4.55. The second-order valence-corrected chi connectivity index (χ2v) is 5.81. The molecular weight excluding hydrogens is 252 g/mol. The molecule has 0 spiro atoms. The molecule has 3 N–H and O–H groups in total. The van der Waals surface area contributed by atoms with E-state index in [4.69, 9.17) is 15.3 Å². The Morgan fingerprint density at radius 1 is 1.35 bits per heavy atom. The van der Waals surface area contributed by atoms with Crippen LogP contribution in [0, 0.1) is 0 Å². The lowest BCUT2D eigenvalue weighted by Crippen LogP contribution is -2.46. The minimum Gasteiger partial charge on any atom is -0.488 e. The van der Waals surface area contributed by atoms with Crippen LogP contribution in [0.15, 0.2) is 24.3 Å². The van der Waals surface area contributed by atoms with Gasteiger partial charge in [0.25, 0.3) is 0 Å². The Labute approximate surface area is 120 Å². The highest BCUT2D eigenvalue weighted by Crippen LogP contribution is 2.30. The minimum absolute atomic E-state index is 0.155. The Bertz CT molecular complexity index is 407. The van der Waals surface area contributed by atoms with Gasteiger partial charge in [0.2, 0.25) is 0 Å². The number of hydrazine groups is 1. The number of fused-ring (bicyclic) bond motifs is 1. The lowest BCUT2D eigenvalue weighted by atomic mass is 9.99. The first-order chi connectivity index (χ1) is 9.86. The van der Waals surface area contributed by atoms with Gasteiger partial charge in [-0.3, -0.25) is 11.3 Å². The van der Waals surface area contributed by atoms with Crippen LogP contribution in [0.1, 0.15) is 37.7 Å². The fourth-order valence-corrected chi connectivity index (χ4v) is 3.25. The molecule has 0 bridgehead atoms. The van der Waals surface area contributed by atoms with Gasteiger partial charge in [-0.25, -0.2) is 0 Å². The van der Waals surface area contributed by atoms with Crippen LogP contribution in [0.25, 0.3) is 0 Å². The Hall–Kier alpha value is -1.10. The van der Waals surface area contributed by atoms with Crippen LogP contribution in [-0.4, -0.2) is 24.9 Å². The third-order valence-corrected chi connectivity index (χ3v) is 4.40. The smallest absolute Gasteiger partial charge is 0.123 e. The zero-order valence-corrected chi connectivity index (χ0v) is 11.9. The summed E-state index contributed by atoms with van der Waals surface area (Å²) in [5, 5.41) is 0. The van der Waals surface area contributed by atoms with Gasteiger partial charge in [-0.1, -0.05) is 18.2 Å². The topological polar surface area (TPSA) is 56.5 Å². The summed E-state index contributed by atoms with van der Waals surface area (Å²) >= 11 is 0. The summed E-state index contributed by atoms with van der Waals surface area (Å²) in [6, 6.07) is 8.46. The fourth-order valence-electron chi connectivity index (χ4n) is 3.25. The molecule has 110 valence electrons. The van der Waals surface area contributed by atoms with Gasteiger partial charge in [-0.15, -0.1) is 0 Å². The van der Waals surface area contributed by atoms with E-state index < -0.39 is 0 Å². The maximum atomic E-state index is 6.01. The van der Waals surface area contributed by atoms with Crippen molar-refractivity contribution in [2.45, 2.75) is 56.8 Å². The third kappa shape index (κ3) is 3.14. The molecule has 1 saturated heterocycles. The molecule has 0 radical (unpaired) electrons. The largest absolute Gasteiger partial charge is 0.488 e. The van der Waals surface area contributed by atoms with E-state index in [0.29, 0.717) is 6.10 Å². The van der Waals surface area contributed by atoms with Crippen LogP contribution >= 0.6 is 0 Å². The van der Waals surface area contributed by atoms with E-state index in [-0.39, 0.29) is 12.1 Å². The van der Waals surface area contributed by atoms with Crippen molar-refractivity contribution in [3.8, 4) is 5.75 Å². The van der Waals surface area contributed by atoms with Crippen LogP contribution in [0.5, 0.6) is 5.75 Å². The maximum Gasteiger partial charge on any atom is 0.123 e. The molecule has 3 unspecified atom stereocenters. The molecule has 0 aromatic heterocycles. The van der Waals surface area contributed by atoms with Crippen LogP contribution in [0.2, 0.25) is 0 Å².